The van der Waals surface area contributed by atoms with Gasteiger partial charge in [0, 0.05) is 27.8 Å². The summed E-state index contributed by atoms with van der Waals surface area (Å²) in [6, 6.07) is 14.2. The summed E-state index contributed by atoms with van der Waals surface area (Å²) in [7, 11) is 0. The van der Waals surface area contributed by atoms with E-state index < -0.39 is 0 Å². The number of rotatable bonds is 3. The summed E-state index contributed by atoms with van der Waals surface area (Å²) in [5.41, 5.74) is 3.38. The molecule has 2 aromatic carbocycles. The monoisotopic (exact) mass is 334 g/mol. The highest BCUT2D eigenvalue weighted by molar-refractivity contribution is 9.10. The van der Waals surface area contributed by atoms with Gasteiger partial charge in [-0.3, -0.25) is 0 Å². The molecule has 2 nitrogen and oxygen atoms in total. The lowest BCUT2D eigenvalue weighted by atomic mass is 10.1. The smallest absolute Gasteiger partial charge is 0.0502 e. The van der Waals surface area contributed by atoms with Gasteiger partial charge in [-0.05, 0) is 57.2 Å². The lowest BCUT2D eigenvalue weighted by molar-refractivity contribution is 1.15. The molecule has 0 radical (unpaired) electrons. The van der Waals surface area contributed by atoms with Crippen LogP contribution in [-0.2, 0) is 6.54 Å². The van der Waals surface area contributed by atoms with Gasteiger partial charge in [0.15, 0.2) is 0 Å². The molecule has 0 aliphatic heterocycles. The van der Waals surface area contributed by atoms with Gasteiger partial charge < -0.3 is 10.3 Å². The quantitative estimate of drug-likeness (QED) is 0.677. The highest BCUT2D eigenvalue weighted by atomic mass is 79.9. The van der Waals surface area contributed by atoms with Gasteiger partial charge in [-0.1, -0.05) is 23.7 Å². The number of aromatic amines is 1. The zero-order chi connectivity index (χ0) is 13.2. The highest BCUT2D eigenvalue weighted by Gasteiger charge is 2.02. The molecule has 1 aromatic heterocycles. The number of hydrogen-bond acceptors (Lipinski definition) is 1. The van der Waals surface area contributed by atoms with Crippen molar-refractivity contribution in [3.63, 3.8) is 0 Å². The Morgan fingerprint density at radius 2 is 2.00 bits per heavy atom. The summed E-state index contributed by atoms with van der Waals surface area (Å²) >= 11 is 9.51. The zero-order valence-electron chi connectivity index (χ0n) is 10.1. The molecule has 4 heteroatoms. The van der Waals surface area contributed by atoms with Gasteiger partial charge in [0.25, 0.3) is 0 Å². The zero-order valence-corrected chi connectivity index (χ0v) is 12.4. The molecule has 19 heavy (non-hydrogen) atoms. The van der Waals surface area contributed by atoms with E-state index in [-0.39, 0.29) is 0 Å². The standard InChI is InChI=1S/C15H12BrClN2/c16-13-4-3-12(17)8-15(13)19-9-10-1-2-11-5-6-18-14(11)7-10/h1-8,18-19H,9H2. The van der Waals surface area contributed by atoms with E-state index in [1.54, 1.807) is 0 Å². The first kappa shape index (κ1) is 12.6. The molecule has 0 saturated carbocycles. The van der Waals surface area contributed by atoms with E-state index in [2.05, 4.69) is 50.5 Å². The van der Waals surface area contributed by atoms with E-state index in [1.807, 2.05) is 24.4 Å². The Morgan fingerprint density at radius 3 is 2.89 bits per heavy atom. The lowest BCUT2D eigenvalue weighted by Crippen LogP contribution is -1.99. The largest absolute Gasteiger partial charge is 0.380 e. The van der Waals surface area contributed by atoms with Gasteiger partial charge in [0.05, 0.1) is 5.69 Å². The Hall–Kier alpha value is -1.45. The summed E-state index contributed by atoms with van der Waals surface area (Å²) < 4.78 is 1.01. The van der Waals surface area contributed by atoms with Crippen LogP contribution in [0, 0.1) is 0 Å². The normalized spacial score (nSPS) is 10.8. The first-order chi connectivity index (χ1) is 9.22. The van der Waals surface area contributed by atoms with E-state index >= 15 is 0 Å². The maximum atomic E-state index is 6.00. The van der Waals surface area contributed by atoms with Crippen LogP contribution in [0.25, 0.3) is 10.9 Å². The minimum Gasteiger partial charge on any atom is -0.380 e. The van der Waals surface area contributed by atoms with Crippen LogP contribution in [0.1, 0.15) is 5.56 Å². The highest BCUT2D eigenvalue weighted by Crippen LogP contribution is 2.26. The Balaban J connectivity index is 1.79. The van der Waals surface area contributed by atoms with Crippen molar-refractivity contribution in [2.45, 2.75) is 6.54 Å². The van der Waals surface area contributed by atoms with E-state index in [1.165, 1.54) is 10.9 Å². The van der Waals surface area contributed by atoms with Crippen LogP contribution in [0.2, 0.25) is 5.02 Å². The molecule has 0 fully saturated rings. The third-order valence-corrected chi connectivity index (χ3v) is 3.96. The predicted octanol–water partition coefficient (Wildman–Crippen LogP) is 5.20. The van der Waals surface area contributed by atoms with Crippen molar-refractivity contribution in [1.29, 1.82) is 0 Å². The van der Waals surface area contributed by atoms with Crippen LogP contribution < -0.4 is 5.32 Å². The van der Waals surface area contributed by atoms with Gasteiger partial charge in [0.2, 0.25) is 0 Å². The maximum absolute atomic E-state index is 6.00. The molecule has 0 aliphatic rings. The Kier molecular flexibility index (Phi) is 3.49. The van der Waals surface area contributed by atoms with Gasteiger partial charge in [0.1, 0.15) is 0 Å². The number of fused-ring (bicyclic) bond motifs is 1. The van der Waals surface area contributed by atoms with Gasteiger partial charge >= 0.3 is 0 Å². The fourth-order valence-corrected chi connectivity index (χ4v) is 2.59. The Morgan fingerprint density at radius 1 is 1.11 bits per heavy atom. The van der Waals surface area contributed by atoms with Gasteiger partial charge in [-0.2, -0.15) is 0 Å². The van der Waals surface area contributed by atoms with E-state index in [0.717, 1.165) is 27.2 Å². The SMILES string of the molecule is Clc1ccc(Br)c(NCc2ccc3cc[nH]c3c2)c1. The van der Waals surface area contributed by atoms with Gasteiger partial charge in [-0.15, -0.1) is 0 Å². The van der Waals surface area contributed by atoms with Crippen molar-refractivity contribution in [3.8, 4) is 0 Å². The molecule has 0 amide bonds. The van der Waals surface area contributed by atoms with E-state index in [0.29, 0.717) is 0 Å². The van der Waals surface area contributed by atoms with E-state index in [4.69, 9.17) is 11.6 Å². The molecule has 0 spiro atoms. The minimum absolute atomic E-state index is 0.727. The molecule has 0 aliphatic carbocycles. The number of hydrogen-bond donors (Lipinski definition) is 2. The number of aromatic nitrogens is 1. The summed E-state index contributed by atoms with van der Waals surface area (Å²) in [5.74, 6) is 0. The number of nitrogens with one attached hydrogen (secondary N) is 2. The van der Waals surface area contributed by atoms with Crippen molar-refractivity contribution in [3.05, 3.63) is 63.7 Å². The minimum atomic E-state index is 0.727. The number of benzene rings is 2. The van der Waals surface area contributed by atoms with Crippen molar-refractivity contribution < 1.29 is 0 Å². The second kappa shape index (κ2) is 5.27. The van der Waals surface area contributed by atoms with Crippen molar-refractivity contribution in [2.24, 2.45) is 0 Å². The lowest BCUT2D eigenvalue weighted by Gasteiger charge is -2.09. The first-order valence-electron chi connectivity index (χ1n) is 5.97. The molecule has 0 atom stereocenters. The van der Waals surface area contributed by atoms with Crippen LogP contribution in [0.5, 0.6) is 0 Å². The predicted molar refractivity (Wildman–Crippen MR) is 84.8 cm³/mol. The number of halogens is 2. The molecule has 0 saturated heterocycles. The third-order valence-electron chi connectivity index (χ3n) is 3.03. The summed E-state index contributed by atoms with van der Waals surface area (Å²) in [4.78, 5) is 3.22. The fourth-order valence-electron chi connectivity index (χ4n) is 2.04. The Labute approximate surface area is 124 Å². The first-order valence-corrected chi connectivity index (χ1v) is 7.14. The van der Waals surface area contributed by atoms with Crippen LogP contribution in [0.3, 0.4) is 0 Å². The van der Waals surface area contributed by atoms with Crippen LogP contribution >= 0.6 is 27.5 Å². The Bertz CT molecular complexity index is 721. The van der Waals surface area contributed by atoms with Crippen LogP contribution in [-0.4, -0.2) is 4.98 Å². The van der Waals surface area contributed by atoms with Crippen LogP contribution in [0.4, 0.5) is 5.69 Å². The molecule has 0 bridgehead atoms. The average Bonchev–Trinajstić information content (AvgIpc) is 2.87. The van der Waals surface area contributed by atoms with Crippen LogP contribution in [0.15, 0.2) is 53.1 Å². The molecular formula is C15H12BrClN2. The topological polar surface area (TPSA) is 27.8 Å². The summed E-state index contributed by atoms with van der Waals surface area (Å²) in [5, 5.41) is 5.34. The molecule has 3 rings (SSSR count). The molecular weight excluding hydrogens is 324 g/mol. The maximum Gasteiger partial charge on any atom is 0.0502 e. The van der Waals surface area contributed by atoms with Gasteiger partial charge in [-0.25, -0.2) is 0 Å². The second-order valence-corrected chi connectivity index (χ2v) is 5.67. The summed E-state index contributed by atoms with van der Waals surface area (Å²) in [6.45, 7) is 0.758. The van der Waals surface area contributed by atoms with Crippen molar-refractivity contribution >= 4 is 44.1 Å². The fraction of sp³-hybridized carbons (Fsp3) is 0.0667. The number of H-pyrrole nitrogens is 1. The molecule has 0 unspecified atom stereocenters. The molecule has 1 heterocycles. The van der Waals surface area contributed by atoms with E-state index in [9.17, 15) is 0 Å². The molecule has 3 aromatic rings. The van der Waals surface area contributed by atoms with Crippen molar-refractivity contribution in [2.75, 3.05) is 5.32 Å². The third kappa shape index (κ3) is 2.77. The molecule has 2 N–H and O–H groups in total. The number of anilines is 1. The molecule has 96 valence electrons. The summed E-state index contributed by atoms with van der Waals surface area (Å²) in [6.07, 6.45) is 1.95. The van der Waals surface area contributed by atoms with Crippen molar-refractivity contribution in [1.82, 2.24) is 4.98 Å². The average molecular weight is 336 g/mol. The second-order valence-electron chi connectivity index (χ2n) is 4.38.